The number of anilines is 1. The van der Waals surface area contributed by atoms with E-state index >= 15 is 0 Å². The number of rotatable bonds is 13. The van der Waals surface area contributed by atoms with E-state index in [4.69, 9.17) is 14.0 Å². The number of halogens is 3. The van der Waals surface area contributed by atoms with Crippen LogP contribution in [0.5, 0.6) is 5.75 Å². The SMILES string of the molecule is CCCc1c(OCCCCN(C)c2ccc(CC(=O)OC)cc2/C=C/C(=O)OC)ccc2c(C(F)(F)F)noc12. The fraction of sp³-hybridized carbons (Fsp3) is 0.414. The number of fused-ring (bicyclic) bond motifs is 1. The van der Waals surface area contributed by atoms with Crippen LogP contribution in [-0.2, 0) is 38.1 Å². The summed E-state index contributed by atoms with van der Waals surface area (Å²) in [4.78, 5) is 25.4. The van der Waals surface area contributed by atoms with Crippen molar-refractivity contribution in [2.45, 2.75) is 45.2 Å². The number of carbonyl (C=O) groups excluding carboxylic acids is 2. The van der Waals surface area contributed by atoms with Crippen molar-refractivity contribution in [3.63, 3.8) is 0 Å². The quantitative estimate of drug-likeness (QED) is 0.142. The Balaban J connectivity index is 1.65. The molecule has 3 rings (SSSR count). The number of alkyl halides is 3. The Morgan fingerprint density at radius 3 is 2.55 bits per heavy atom. The molecule has 2 aromatic carbocycles. The number of benzene rings is 2. The molecule has 0 saturated heterocycles. The Hall–Kier alpha value is -4.02. The molecule has 11 heteroatoms. The lowest BCUT2D eigenvalue weighted by Crippen LogP contribution is -2.20. The Morgan fingerprint density at radius 2 is 1.88 bits per heavy atom. The third kappa shape index (κ3) is 7.77. The molecule has 0 N–H and O–H groups in total. The van der Waals surface area contributed by atoms with Gasteiger partial charge in [-0.25, -0.2) is 4.79 Å². The Morgan fingerprint density at radius 1 is 1.10 bits per heavy atom. The number of hydrogen-bond acceptors (Lipinski definition) is 8. The Bertz CT molecular complexity index is 1350. The van der Waals surface area contributed by atoms with E-state index in [2.05, 4.69) is 9.89 Å². The van der Waals surface area contributed by atoms with E-state index in [9.17, 15) is 22.8 Å². The van der Waals surface area contributed by atoms with Gasteiger partial charge in [-0.2, -0.15) is 13.2 Å². The molecule has 0 bridgehead atoms. The molecule has 1 aromatic heterocycles. The summed E-state index contributed by atoms with van der Waals surface area (Å²) in [6, 6.07) is 8.42. The van der Waals surface area contributed by atoms with E-state index in [1.54, 1.807) is 12.1 Å². The van der Waals surface area contributed by atoms with Crippen molar-refractivity contribution in [3.8, 4) is 5.75 Å². The molecule has 0 fully saturated rings. The van der Waals surface area contributed by atoms with Crippen molar-refractivity contribution in [2.75, 3.05) is 39.3 Å². The molecule has 0 atom stereocenters. The summed E-state index contributed by atoms with van der Waals surface area (Å²) in [5.74, 6) is -0.372. The molecule has 0 unspecified atom stereocenters. The summed E-state index contributed by atoms with van der Waals surface area (Å²) in [7, 11) is 4.54. The summed E-state index contributed by atoms with van der Waals surface area (Å²) in [5.41, 5.74) is 2.00. The number of aromatic nitrogens is 1. The van der Waals surface area contributed by atoms with Gasteiger partial charge < -0.3 is 23.6 Å². The molecule has 0 amide bonds. The van der Waals surface area contributed by atoms with Crippen LogP contribution < -0.4 is 9.64 Å². The molecule has 3 aromatic rings. The molecule has 0 aliphatic carbocycles. The van der Waals surface area contributed by atoms with Crippen molar-refractivity contribution >= 4 is 34.7 Å². The molecule has 0 aliphatic rings. The van der Waals surface area contributed by atoms with Crippen molar-refractivity contribution < 1.29 is 41.5 Å². The first kappa shape index (κ1) is 30.5. The van der Waals surface area contributed by atoms with Crippen molar-refractivity contribution in [1.29, 1.82) is 0 Å². The molecule has 0 aliphatic heterocycles. The highest BCUT2D eigenvalue weighted by Gasteiger charge is 2.37. The van der Waals surface area contributed by atoms with Crippen molar-refractivity contribution in [3.05, 3.63) is 58.8 Å². The van der Waals surface area contributed by atoms with Gasteiger partial charge in [-0.05, 0) is 60.7 Å². The van der Waals surface area contributed by atoms with Gasteiger partial charge in [-0.3, -0.25) is 4.79 Å². The number of ether oxygens (including phenoxy) is 3. The van der Waals surface area contributed by atoms with Crippen LogP contribution in [0.1, 0.15) is 48.6 Å². The molecule has 8 nitrogen and oxygen atoms in total. The molecule has 216 valence electrons. The highest BCUT2D eigenvalue weighted by molar-refractivity contribution is 5.88. The number of nitrogens with zero attached hydrogens (tertiary/aromatic N) is 2. The van der Waals surface area contributed by atoms with Gasteiger partial charge in [0.25, 0.3) is 0 Å². The largest absolute Gasteiger partial charge is 0.493 e. The number of esters is 2. The van der Waals surface area contributed by atoms with Crippen LogP contribution in [0.25, 0.3) is 17.0 Å². The average Bonchev–Trinajstić information content (AvgIpc) is 3.37. The fourth-order valence-electron chi connectivity index (χ4n) is 4.28. The standard InChI is InChI=1S/C29H33F3N2O6/c1-5-8-21-24(13-11-22-27(21)40-33-28(22)29(30,31)32)39-16-7-6-15-34(2)23-12-9-19(18-26(36)38-4)17-20(23)10-14-25(35)37-3/h9-14,17H,5-8,15-16,18H2,1-4H3/b14-10+. The van der Waals surface area contributed by atoms with Crippen LogP contribution >= 0.6 is 0 Å². The van der Waals surface area contributed by atoms with Crippen LogP contribution in [-0.4, -0.2) is 51.5 Å². The summed E-state index contributed by atoms with van der Waals surface area (Å²) in [5, 5.41) is 3.18. The zero-order chi connectivity index (χ0) is 29.3. The number of carbonyl (C=O) groups is 2. The van der Waals surface area contributed by atoms with Crippen LogP contribution in [0.4, 0.5) is 18.9 Å². The lowest BCUT2D eigenvalue weighted by atomic mass is 10.0. The predicted molar refractivity (Wildman–Crippen MR) is 144 cm³/mol. The minimum absolute atomic E-state index is 0.0698. The maximum absolute atomic E-state index is 13.2. The van der Waals surface area contributed by atoms with Gasteiger partial charge in [-0.15, -0.1) is 0 Å². The zero-order valence-corrected chi connectivity index (χ0v) is 23.0. The van der Waals surface area contributed by atoms with Crippen molar-refractivity contribution in [2.24, 2.45) is 0 Å². The third-order valence-corrected chi connectivity index (χ3v) is 6.29. The minimum atomic E-state index is -4.60. The number of methoxy groups -OCH3 is 2. The maximum atomic E-state index is 13.2. The second kappa shape index (κ2) is 13.9. The summed E-state index contributed by atoms with van der Waals surface area (Å²) in [6.45, 7) is 2.95. The first-order valence-electron chi connectivity index (χ1n) is 12.9. The number of hydrogen-bond donors (Lipinski definition) is 0. The van der Waals surface area contributed by atoms with E-state index in [1.807, 2.05) is 37.1 Å². The maximum Gasteiger partial charge on any atom is 0.437 e. The summed E-state index contributed by atoms with van der Waals surface area (Å²) >= 11 is 0. The second-order valence-electron chi connectivity index (χ2n) is 9.18. The molecular formula is C29H33F3N2O6. The molecule has 40 heavy (non-hydrogen) atoms. The second-order valence-corrected chi connectivity index (χ2v) is 9.18. The molecule has 0 saturated carbocycles. The van der Waals surface area contributed by atoms with Gasteiger partial charge >= 0.3 is 18.1 Å². The van der Waals surface area contributed by atoms with E-state index in [0.29, 0.717) is 43.7 Å². The summed E-state index contributed by atoms with van der Waals surface area (Å²) in [6.07, 6.45) is 1.11. The smallest absolute Gasteiger partial charge is 0.437 e. The van der Waals surface area contributed by atoms with Crippen LogP contribution in [0.15, 0.2) is 40.9 Å². The topological polar surface area (TPSA) is 91.1 Å². The molecule has 0 spiro atoms. The van der Waals surface area contributed by atoms with E-state index < -0.39 is 17.8 Å². The lowest BCUT2D eigenvalue weighted by Gasteiger charge is -2.22. The normalized spacial score (nSPS) is 11.7. The van der Waals surface area contributed by atoms with Gasteiger partial charge in [0.2, 0.25) is 0 Å². The van der Waals surface area contributed by atoms with Gasteiger partial charge in [0, 0.05) is 30.9 Å². The highest BCUT2D eigenvalue weighted by atomic mass is 19.4. The first-order chi connectivity index (χ1) is 19.1. The van der Waals surface area contributed by atoms with E-state index in [-0.39, 0.29) is 23.4 Å². The number of aryl methyl sites for hydroxylation is 1. The average molecular weight is 563 g/mol. The van der Waals surface area contributed by atoms with E-state index in [1.165, 1.54) is 26.4 Å². The zero-order valence-electron chi connectivity index (χ0n) is 23.0. The molecular weight excluding hydrogens is 529 g/mol. The Kier molecular flexibility index (Phi) is 10.6. The monoisotopic (exact) mass is 562 g/mol. The number of unbranched alkanes of at least 4 members (excludes halogenated alkanes) is 1. The fourth-order valence-corrected chi connectivity index (χ4v) is 4.28. The highest BCUT2D eigenvalue weighted by Crippen LogP contribution is 2.38. The Labute approximate surface area is 230 Å². The van der Waals surface area contributed by atoms with E-state index in [0.717, 1.165) is 23.2 Å². The van der Waals surface area contributed by atoms with Crippen LogP contribution in [0.2, 0.25) is 0 Å². The lowest BCUT2D eigenvalue weighted by molar-refractivity contribution is -0.141. The van der Waals surface area contributed by atoms with Gasteiger partial charge in [0.1, 0.15) is 5.75 Å². The minimum Gasteiger partial charge on any atom is -0.493 e. The van der Waals surface area contributed by atoms with Gasteiger partial charge in [0.05, 0.1) is 32.6 Å². The van der Waals surface area contributed by atoms with Gasteiger partial charge in [-0.1, -0.05) is 24.6 Å². The third-order valence-electron chi connectivity index (χ3n) is 6.29. The first-order valence-corrected chi connectivity index (χ1v) is 12.9. The van der Waals surface area contributed by atoms with Crippen LogP contribution in [0, 0.1) is 0 Å². The predicted octanol–water partition coefficient (Wildman–Crippen LogP) is 6.00. The van der Waals surface area contributed by atoms with Crippen LogP contribution in [0.3, 0.4) is 0 Å². The molecule has 1 heterocycles. The summed E-state index contributed by atoms with van der Waals surface area (Å²) < 4.78 is 60.2. The molecule has 0 radical (unpaired) electrons. The van der Waals surface area contributed by atoms with Crippen molar-refractivity contribution in [1.82, 2.24) is 5.16 Å². The van der Waals surface area contributed by atoms with Gasteiger partial charge in [0.15, 0.2) is 11.3 Å².